The van der Waals surface area contributed by atoms with E-state index in [0.717, 1.165) is 25.2 Å². The van der Waals surface area contributed by atoms with E-state index in [9.17, 15) is 4.79 Å². The Morgan fingerprint density at radius 1 is 1.05 bits per heavy atom. The molecule has 116 valence electrons. The van der Waals surface area contributed by atoms with Gasteiger partial charge in [-0.15, -0.1) is 13.2 Å². The van der Waals surface area contributed by atoms with Crippen molar-refractivity contribution in [3.8, 4) is 0 Å². The van der Waals surface area contributed by atoms with Gasteiger partial charge in [0, 0.05) is 13.1 Å². The molecule has 4 saturated carbocycles. The molecule has 2 unspecified atom stereocenters. The molecule has 2 heteroatoms. The molecule has 0 aliphatic heterocycles. The van der Waals surface area contributed by atoms with Crippen molar-refractivity contribution in [1.29, 1.82) is 0 Å². The zero-order valence-electron chi connectivity index (χ0n) is 13.7. The van der Waals surface area contributed by atoms with Gasteiger partial charge < -0.3 is 4.90 Å². The molecule has 4 bridgehead atoms. The molecule has 0 radical (unpaired) electrons. The first-order valence-corrected chi connectivity index (χ1v) is 8.35. The molecule has 4 aliphatic rings. The van der Waals surface area contributed by atoms with Crippen molar-refractivity contribution in [2.45, 2.75) is 52.4 Å². The minimum atomic E-state index is -0.102. The Morgan fingerprint density at radius 3 is 2.00 bits per heavy atom. The van der Waals surface area contributed by atoms with Crippen molar-refractivity contribution in [2.75, 3.05) is 13.1 Å². The van der Waals surface area contributed by atoms with Crippen molar-refractivity contribution < 1.29 is 4.79 Å². The SMILES string of the molecule is C=CCN(CC=C)C(=O)C12CC3CC(C)(CC(C)(C3)C1)C2. The molecular weight excluding hydrogens is 258 g/mol. The van der Waals surface area contributed by atoms with Gasteiger partial charge in [0.2, 0.25) is 5.91 Å². The van der Waals surface area contributed by atoms with Gasteiger partial charge in [0.1, 0.15) is 0 Å². The fourth-order valence-corrected chi connectivity index (χ4v) is 6.57. The van der Waals surface area contributed by atoms with Crippen LogP contribution in [0.25, 0.3) is 0 Å². The molecular formula is C19H29NO. The third-order valence-electron chi connectivity index (χ3n) is 6.07. The normalized spacial score (nSPS) is 43.6. The van der Waals surface area contributed by atoms with E-state index < -0.39 is 0 Å². The smallest absolute Gasteiger partial charge is 0.229 e. The van der Waals surface area contributed by atoms with Crippen molar-refractivity contribution >= 4 is 5.91 Å². The second-order valence-corrected chi connectivity index (χ2v) is 8.70. The summed E-state index contributed by atoms with van der Waals surface area (Å²) in [5.41, 5.74) is 0.671. The molecule has 0 aromatic rings. The number of carbonyl (C=O) groups excluding carboxylic acids is 1. The van der Waals surface area contributed by atoms with Crippen molar-refractivity contribution in [3.63, 3.8) is 0 Å². The summed E-state index contributed by atoms with van der Waals surface area (Å²) in [7, 11) is 0. The molecule has 2 nitrogen and oxygen atoms in total. The predicted molar refractivity (Wildman–Crippen MR) is 86.8 cm³/mol. The summed E-state index contributed by atoms with van der Waals surface area (Å²) in [6, 6.07) is 0. The minimum Gasteiger partial charge on any atom is -0.335 e. The summed E-state index contributed by atoms with van der Waals surface area (Å²) < 4.78 is 0. The van der Waals surface area contributed by atoms with Gasteiger partial charge in [0.25, 0.3) is 0 Å². The van der Waals surface area contributed by atoms with Crippen LogP contribution in [-0.4, -0.2) is 23.9 Å². The van der Waals surface area contributed by atoms with E-state index in [1.54, 1.807) is 0 Å². The van der Waals surface area contributed by atoms with Gasteiger partial charge in [0.15, 0.2) is 0 Å². The van der Waals surface area contributed by atoms with Gasteiger partial charge in [-0.2, -0.15) is 0 Å². The topological polar surface area (TPSA) is 20.3 Å². The third-order valence-corrected chi connectivity index (χ3v) is 6.07. The largest absolute Gasteiger partial charge is 0.335 e. The van der Waals surface area contributed by atoms with E-state index in [1.807, 2.05) is 17.1 Å². The first-order chi connectivity index (χ1) is 9.84. The zero-order valence-corrected chi connectivity index (χ0v) is 13.7. The van der Waals surface area contributed by atoms with Gasteiger partial charge in [0.05, 0.1) is 5.41 Å². The number of hydrogen-bond acceptors (Lipinski definition) is 1. The highest BCUT2D eigenvalue weighted by Crippen LogP contribution is 2.69. The fraction of sp³-hybridized carbons (Fsp3) is 0.737. The number of amides is 1. The zero-order chi connectivity index (χ0) is 15.3. The molecule has 1 amide bonds. The summed E-state index contributed by atoms with van der Waals surface area (Å²) in [5.74, 6) is 1.12. The molecule has 4 rings (SSSR count). The summed E-state index contributed by atoms with van der Waals surface area (Å²) >= 11 is 0. The van der Waals surface area contributed by atoms with E-state index in [2.05, 4.69) is 27.0 Å². The van der Waals surface area contributed by atoms with E-state index >= 15 is 0 Å². The number of nitrogens with zero attached hydrogens (tertiary/aromatic N) is 1. The number of carbonyl (C=O) groups is 1. The maximum atomic E-state index is 13.3. The average Bonchev–Trinajstić information content (AvgIpc) is 2.33. The lowest BCUT2D eigenvalue weighted by Crippen LogP contribution is -2.60. The molecule has 2 atom stereocenters. The molecule has 0 aromatic heterocycles. The van der Waals surface area contributed by atoms with Crippen molar-refractivity contribution in [2.24, 2.45) is 22.2 Å². The first-order valence-electron chi connectivity index (χ1n) is 8.35. The molecule has 0 aromatic carbocycles. The molecule has 4 aliphatic carbocycles. The van der Waals surface area contributed by atoms with E-state index in [-0.39, 0.29) is 5.41 Å². The Balaban J connectivity index is 1.91. The van der Waals surface area contributed by atoms with Crippen LogP contribution < -0.4 is 0 Å². The maximum absolute atomic E-state index is 13.3. The number of hydrogen-bond donors (Lipinski definition) is 0. The Morgan fingerprint density at radius 2 is 1.57 bits per heavy atom. The van der Waals surface area contributed by atoms with Crippen molar-refractivity contribution in [3.05, 3.63) is 25.3 Å². The average molecular weight is 287 g/mol. The molecule has 21 heavy (non-hydrogen) atoms. The Labute approximate surface area is 129 Å². The van der Waals surface area contributed by atoms with Crippen LogP contribution in [-0.2, 0) is 4.79 Å². The highest BCUT2D eigenvalue weighted by Gasteiger charge is 2.63. The van der Waals surface area contributed by atoms with Crippen LogP contribution in [0.2, 0.25) is 0 Å². The molecule has 4 fully saturated rings. The third kappa shape index (κ3) is 2.37. The lowest BCUT2D eigenvalue weighted by Gasteiger charge is -2.65. The standard InChI is InChI=1S/C19H29NO/c1-5-7-20(8-6-2)16(21)19-11-15-9-17(3,13-19)12-18(4,10-15)14-19/h5-6,15H,1-2,7-14H2,3-4H3. The van der Waals surface area contributed by atoms with E-state index in [1.165, 1.54) is 19.3 Å². The van der Waals surface area contributed by atoms with Crippen LogP contribution in [0.1, 0.15) is 52.4 Å². The second kappa shape index (κ2) is 4.72. The minimum absolute atomic E-state index is 0.102. The van der Waals surface area contributed by atoms with Crippen LogP contribution in [0.3, 0.4) is 0 Å². The van der Waals surface area contributed by atoms with Gasteiger partial charge in [-0.05, 0) is 55.3 Å². The van der Waals surface area contributed by atoms with Crippen molar-refractivity contribution in [1.82, 2.24) is 4.90 Å². The highest BCUT2D eigenvalue weighted by molar-refractivity contribution is 5.84. The Bertz CT molecular complexity index is 452. The summed E-state index contributed by atoms with van der Waals surface area (Å²) in [6.07, 6.45) is 11.0. The molecule has 0 saturated heterocycles. The van der Waals surface area contributed by atoms with Crippen LogP contribution in [0.5, 0.6) is 0 Å². The Hall–Kier alpha value is -1.05. The quantitative estimate of drug-likeness (QED) is 0.695. The molecule has 0 spiro atoms. The first kappa shape index (κ1) is 14.9. The highest BCUT2D eigenvalue weighted by atomic mass is 16.2. The van der Waals surface area contributed by atoms with Crippen LogP contribution in [0.15, 0.2) is 25.3 Å². The lowest BCUT2D eigenvalue weighted by molar-refractivity contribution is -0.178. The summed E-state index contributed by atoms with van der Waals surface area (Å²) in [6.45, 7) is 13.7. The van der Waals surface area contributed by atoms with E-state index in [4.69, 9.17) is 0 Å². The van der Waals surface area contributed by atoms with Crippen LogP contribution in [0, 0.1) is 22.2 Å². The molecule has 0 heterocycles. The van der Waals surface area contributed by atoms with Gasteiger partial charge in [-0.3, -0.25) is 4.79 Å². The number of rotatable bonds is 5. The summed E-state index contributed by atoms with van der Waals surface area (Å²) in [5, 5.41) is 0. The van der Waals surface area contributed by atoms with E-state index in [0.29, 0.717) is 29.8 Å². The molecule has 0 N–H and O–H groups in total. The van der Waals surface area contributed by atoms with Crippen LogP contribution >= 0.6 is 0 Å². The maximum Gasteiger partial charge on any atom is 0.229 e. The predicted octanol–water partition coefficient (Wildman–Crippen LogP) is 4.18. The lowest BCUT2D eigenvalue weighted by atomic mass is 9.40. The Kier molecular flexibility index (Phi) is 3.35. The summed E-state index contributed by atoms with van der Waals surface area (Å²) in [4.78, 5) is 15.2. The van der Waals surface area contributed by atoms with Gasteiger partial charge >= 0.3 is 0 Å². The van der Waals surface area contributed by atoms with Crippen LogP contribution in [0.4, 0.5) is 0 Å². The van der Waals surface area contributed by atoms with Gasteiger partial charge in [-0.1, -0.05) is 26.0 Å². The fourth-order valence-electron chi connectivity index (χ4n) is 6.57. The monoisotopic (exact) mass is 287 g/mol. The second-order valence-electron chi connectivity index (χ2n) is 8.70. The van der Waals surface area contributed by atoms with Gasteiger partial charge in [-0.25, -0.2) is 0 Å².